The van der Waals surface area contributed by atoms with Gasteiger partial charge in [-0.2, -0.15) is 4.31 Å². The van der Waals surface area contributed by atoms with E-state index < -0.39 is 15.4 Å². The minimum Gasteiger partial charge on any atom is -0.340 e. The molecule has 0 N–H and O–H groups in total. The molecule has 0 radical (unpaired) electrons. The number of nitrogens with zero attached hydrogens (tertiary/aromatic N) is 2. The van der Waals surface area contributed by atoms with Gasteiger partial charge >= 0.3 is 0 Å². The molecule has 1 aliphatic heterocycles. The molecule has 0 unspecified atom stereocenters. The van der Waals surface area contributed by atoms with E-state index in [1.807, 2.05) is 32.9 Å². The zero-order valence-corrected chi connectivity index (χ0v) is 17.6. The molecular weight excluding hydrogens is 360 g/mol. The van der Waals surface area contributed by atoms with E-state index in [1.165, 1.54) is 42.0 Å². The highest BCUT2D eigenvalue weighted by molar-refractivity contribution is 7.89. The van der Waals surface area contributed by atoms with Crippen molar-refractivity contribution in [2.75, 3.05) is 26.2 Å². The van der Waals surface area contributed by atoms with Gasteiger partial charge in [-0.1, -0.05) is 52.2 Å². The van der Waals surface area contributed by atoms with E-state index in [9.17, 15) is 13.2 Å². The quantitative estimate of drug-likeness (QED) is 0.789. The van der Waals surface area contributed by atoms with E-state index in [0.717, 1.165) is 0 Å². The van der Waals surface area contributed by atoms with Gasteiger partial charge in [-0.3, -0.25) is 4.79 Å². The number of amides is 1. The van der Waals surface area contributed by atoms with Crippen LogP contribution < -0.4 is 0 Å². The molecule has 0 atom stereocenters. The molecule has 0 spiro atoms. The number of piperazine rings is 1. The van der Waals surface area contributed by atoms with Crippen molar-refractivity contribution >= 4 is 15.9 Å². The fourth-order valence-corrected chi connectivity index (χ4v) is 5.53. The van der Waals surface area contributed by atoms with Crippen molar-refractivity contribution < 1.29 is 13.2 Å². The number of benzene rings is 1. The molecule has 1 saturated carbocycles. The second-order valence-corrected chi connectivity index (χ2v) is 10.8. The molecule has 5 nitrogen and oxygen atoms in total. The Morgan fingerprint density at radius 2 is 1.48 bits per heavy atom. The van der Waals surface area contributed by atoms with Gasteiger partial charge in [-0.05, 0) is 36.5 Å². The lowest BCUT2D eigenvalue weighted by Crippen LogP contribution is -2.52. The number of carbonyl (C=O) groups excluding carboxylic acids is 1. The summed E-state index contributed by atoms with van der Waals surface area (Å²) in [5.41, 5.74) is 0.824. The molecule has 27 heavy (non-hydrogen) atoms. The van der Waals surface area contributed by atoms with E-state index in [-0.39, 0.29) is 5.91 Å². The lowest BCUT2D eigenvalue weighted by Gasteiger charge is -2.37. The van der Waals surface area contributed by atoms with Crippen molar-refractivity contribution in [2.45, 2.75) is 63.7 Å². The molecule has 6 heteroatoms. The maximum Gasteiger partial charge on any atom is 0.243 e. The highest BCUT2D eigenvalue weighted by Crippen LogP contribution is 2.33. The van der Waals surface area contributed by atoms with Crippen LogP contribution in [0.4, 0.5) is 0 Å². The summed E-state index contributed by atoms with van der Waals surface area (Å²) in [5.74, 6) is 0.652. The first-order valence-corrected chi connectivity index (χ1v) is 11.5. The number of carbonyl (C=O) groups is 1. The first kappa shape index (κ1) is 20.3. The maximum atomic E-state index is 13.0. The van der Waals surface area contributed by atoms with Crippen LogP contribution in [-0.4, -0.2) is 49.7 Å². The Balaban J connectivity index is 1.65. The van der Waals surface area contributed by atoms with Crippen LogP contribution in [0.15, 0.2) is 29.2 Å². The summed E-state index contributed by atoms with van der Waals surface area (Å²) in [6, 6.07) is 7.49. The van der Waals surface area contributed by atoms with E-state index in [1.54, 1.807) is 17.0 Å². The van der Waals surface area contributed by atoms with Crippen LogP contribution in [0, 0.1) is 5.41 Å². The summed E-state index contributed by atoms with van der Waals surface area (Å²) in [6.07, 6.45) is 6.25. The molecule has 1 heterocycles. The lowest BCUT2D eigenvalue weighted by molar-refractivity contribution is -0.140. The average Bonchev–Trinajstić information content (AvgIpc) is 2.67. The predicted molar refractivity (Wildman–Crippen MR) is 107 cm³/mol. The molecular formula is C21H32N2O3S. The third kappa shape index (κ3) is 4.54. The molecule has 0 aromatic heterocycles. The van der Waals surface area contributed by atoms with Crippen molar-refractivity contribution in [3.63, 3.8) is 0 Å². The second kappa shape index (κ2) is 7.92. The second-order valence-electron chi connectivity index (χ2n) is 8.85. The van der Waals surface area contributed by atoms with Crippen LogP contribution in [0.25, 0.3) is 0 Å². The summed E-state index contributed by atoms with van der Waals surface area (Å²) in [6.45, 7) is 7.30. The number of sulfonamides is 1. The molecule has 1 aromatic rings. The summed E-state index contributed by atoms with van der Waals surface area (Å²) < 4.78 is 27.5. The van der Waals surface area contributed by atoms with Gasteiger partial charge in [0.05, 0.1) is 4.90 Å². The van der Waals surface area contributed by atoms with E-state index in [0.29, 0.717) is 37.0 Å². The third-order valence-corrected chi connectivity index (χ3v) is 7.67. The Kier molecular flexibility index (Phi) is 5.96. The summed E-state index contributed by atoms with van der Waals surface area (Å²) in [7, 11) is -3.50. The van der Waals surface area contributed by atoms with Crippen LogP contribution in [0.1, 0.15) is 64.4 Å². The predicted octanol–water partition coefficient (Wildman–Crippen LogP) is 3.61. The van der Waals surface area contributed by atoms with Gasteiger partial charge in [0.25, 0.3) is 0 Å². The first-order valence-electron chi connectivity index (χ1n) is 10.1. The molecule has 2 fully saturated rings. The highest BCUT2D eigenvalue weighted by Gasteiger charge is 2.33. The maximum absolute atomic E-state index is 13.0. The Hall–Kier alpha value is -1.40. The molecule has 1 aliphatic carbocycles. The van der Waals surface area contributed by atoms with Crippen molar-refractivity contribution in [2.24, 2.45) is 5.41 Å². The van der Waals surface area contributed by atoms with Crippen molar-refractivity contribution in [1.82, 2.24) is 9.21 Å². The van der Waals surface area contributed by atoms with Gasteiger partial charge in [-0.25, -0.2) is 8.42 Å². The van der Waals surface area contributed by atoms with Gasteiger partial charge in [0.1, 0.15) is 0 Å². The molecule has 1 aromatic carbocycles. The molecule has 0 bridgehead atoms. The van der Waals surface area contributed by atoms with E-state index in [4.69, 9.17) is 0 Å². The van der Waals surface area contributed by atoms with Gasteiger partial charge < -0.3 is 4.90 Å². The van der Waals surface area contributed by atoms with Gasteiger partial charge in [0.15, 0.2) is 0 Å². The van der Waals surface area contributed by atoms with Crippen LogP contribution in [0.2, 0.25) is 0 Å². The SMILES string of the molecule is CC(C)(C)C(=O)N1CCN(S(=O)(=O)c2ccc(C3CCCCC3)cc2)CC1. The fourth-order valence-electron chi connectivity index (χ4n) is 4.10. The molecule has 1 saturated heterocycles. The Bertz CT molecular complexity index is 752. The Morgan fingerprint density at radius 3 is 2.00 bits per heavy atom. The van der Waals surface area contributed by atoms with Crippen LogP contribution >= 0.6 is 0 Å². The molecule has 1 amide bonds. The summed E-state index contributed by atoms with van der Waals surface area (Å²) in [4.78, 5) is 14.5. The van der Waals surface area contributed by atoms with Crippen molar-refractivity contribution in [1.29, 1.82) is 0 Å². The zero-order valence-electron chi connectivity index (χ0n) is 16.8. The van der Waals surface area contributed by atoms with Crippen molar-refractivity contribution in [3.05, 3.63) is 29.8 Å². The standard InChI is InChI=1S/C21H32N2O3S/c1-21(2,3)20(24)22-13-15-23(16-14-22)27(25,26)19-11-9-18(10-12-19)17-7-5-4-6-8-17/h9-12,17H,4-8,13-16H2,1-3H3. The fraction of sp³-hybridized carbons (Fsp3) is 0.667. The Morgan fingerprint density at radius 1 is 0.926 bits per heavy atom. The normalized spacial score (nSPS) is 20.6. The minimum absolute atomic E-state index is 0.0800. The first-order chi connectivity index (χ1) is 12.7. The average molecular weight is 393 g/mol. The largest absolute Gasteiger partial charge is 0.340 e. The van der Waals surface area contributed by atoms with E-state index >= 15 is 0 Å². The molecule has 150 valence electrons. The third-order valence-electron chi connectivity index (χ3n) is 5.76. The minimum atomic E-state index is -3.50. The lowest BCUT2D eigenvalue weighted by atomic mass is 9.84. The summed E-state index contributed by atoms with van der Waals surface area (Å²) >= 11 is 0. The molecule has 3 rings (SSSR count). The van der Waals surface area contributed by atoms with Gasteiger partial charge in [0, 0.05) is 31.6 Å². The van der Waals surface area contributed by atoms with Crippen molar-refractivity contribution in [3.8, 4) is 0 Å². The monoisotopic (exact) mass is 392 g/mol. The topological polar surface area (TPSA) is 57.7 Å². The number of hydrogen-bond donors (Lipinski definition) is 0. The molecule has 2 aliphatic rings. The number of rotatable bonds is 3. The Labute approximate surface area is 163 Å². The van der Waals surface area contributed by atoms with Gasteiger partial charge in [-0.15, -0.1) is 0 Å². The smallest absolute Gasteiger partial charge is 0.243 e. The van der Waals surface area contributed by atoms with Crippen LogP contribution in [0.5, 0.6) is 0 Å². The number of hydrogen-bond acceptors (Lipinski definition) is 3. The van der Waals surface area contributed by atoms with Crippen LogP contribution in [-0.2, 0) is 14.8 Å². The summed E-state index contributed by atoms with van der Waals surface area (Å²) in [5, 5.41) is 0. The highest BCUT2D eigenvalue weighted by atomic mass is 32.2. The van der Waals surface area contributed by atoms with Gasteiger partial charge in [0.2, 0.25) is 15.9 Å². The van der Waals surface area contributed by atoms with Crippen LogP contribution in [0.3, 0.4) is 0 Å². The van der Waals surface area contributed by atoms with E-state index in [2.05, 4.69) is 0 Å². The zero-order chi connectivity index (χ0) is 19.7.